The second kappa shape index (κ2) is 7.74. The number of hydrogen-bond donors (Lipinski definition) is 0. The molecule has 0 spiro atoms. The van der Waals surface area contributed by atoms with Gasteiger partial charge in [-0.2, -0.15) is 0 Å². The van der Waals surface area contributed by atoms with Gasteiger partial charge in [-0.15, -0.1) is 0 Å². The van der Waals surface area contributed by atoms with Crippen LogP contribution in [0.5, 0.6) is 0 Å². The summed E-state index contributed by atoms with van der Waals surface area (Å²) in [4.78, 5) is 0. The molecular weight excluding hydrogens is 108 g/mol. The number of unbranched alkanes of at least 4 members (excludes halogenated alkanes) is 3. The maximum absolute atomic E-state index is 3.78. The van der Waals surface area contributed by atoms with Gasteiger partial charge in [0.15, 0.2) is 0 Å². The van der Waals surface area contributed by atoms with Crippen LogP contribution in [0.4, 0.5) is 0 Å². The van der Waals surface area contributed by atoms with Crippen molar-refractivity contribution in [3.8, 4) is 0 Å². The summed E-state index contributed by atoms with van der Waals surface area (Å²) in [6.45, 7) is 5.94. The van der Waals surface area contributed by atoms with E-state index in [1.807, 2.05) is 0 Å². The van der Waals surface area contributed by atoms with E-state index >= 15 is 0 Å². The van der Waals surface area contributed by atoms with Gasteiger partial charge in [0.2, 0.25) is 0 Å². The molecule has 0 rings (SSSR count). The molecule has 0 saturated heterocycles. The van der Waals surface area contributed by atoms with Crippen molar-refractivity contribution in [1.29, 1.82) is 0 Å². The van der Waals surface area contributed by atoms with Gasteiger partial charge in [-0.1, -0.05) is 38.8 Å². The Hall–Kier alpha value is -0.260. The lowest BCUT2D eigenvalue weighted by Gasteiger charge is -1.89. The lowest BCUT2D eigenvalue weighted by atomic mass is 10.2. The Labute approximate surface area is 59.0 Å². The van der Waals surface area contributed by atoms with E-state index in [0.717, 1.165) is 6.42 Å². The first-order valence-corrected chi connectivity index (χ1v) is 3.86. The van der Waals surface area contributed by atoms with E-state index in [1.165, 1.54) is 25.7 Å². The smallest absolute Gasteiger partial charge is 0.0351 e. The fourth-order valence-corrected chi connectivity index (χ4v) is 0.723. The minimum atomic E-state index is 1.08. The molecule has 0 amide bonds. The first-order chi connectivity index (χ1) is 4.41. The monoisotopic (exact) mass is 125 g/mol. The van der Waals surface area contributed by atoms with E-state index in [2.05, 4.69) is 26.0 Å². The highest BCUT2D eigenvalue weighted by Gasteiger charge is 1.79. The van der Waals surface area contributed by atoms with E-state index in [4.69, 9.17) is 0 Å². The second-order valence-corrected chi connectivity index (χ2v) is 2.23. The molecule has 0 heterocycles. The van der Waals surface area contributed by atoms with Crippen molar-refractivity contribution in [2.24, 2.45) is 0 Å². The molecule has 0 aromatic rings. The quantitative estimate of drug-likeness (QED) is 0.390. The van der Waals surface area contributed by atoms with Gasteiger partial charge in [0, 0.05) is 0 Å². The molecule has 0 heteroatoms. The maximum atomic E-state index is 3.78. The highest BCUT2D eigenvalue weighted by Crippen LogP contribution is 1.99. The fourth-order valence-electron chi connectivity index (χ4n) is 0.723. The van der Waals surface area contributed by atoms with Gasteiger partial charge in [-0.25, -0.2) is 0 Å². The lowest BCUT2D eigenvalue weighted by Crippen LogP contribution is -1.69. The molecule has 1 radical (unpaired) electrons. The Morgan fingerprint density at radius 1 is 1.22 bits per heavy atom. The molecule has 0 aliphatic rings. The standard InChI is InChI=1S/C9H17/c1-3-5-7-9-8-6-4-2/h6,8H,1,3-5,7,9H2,2H3. The molecular formula is C9H17. The Morgan fingerprint density at radius 2 is 2.00 bits per heavy atom. The molecule has 0 fully saturated rings. The molecule has 9 heavy (non-hydrogen) atoms. The minimum Gasteiger partial charge on any atom is -0.0888 e. The van der Waals surface area contributed by atoms with E-state index in [0.29, 0.717) is 0 Å². The van der Waals surface area contributed by atoms with Gasteiger partial charge in [0.25, 0.3) is 0 Å². The molecule has 0 bridgehead atoms. The third-order valence-electron chi connectivity index (χ3n) is 1.27. The van der Waals surface area contributed by atoms with Crippen molar-refractivity contribution in [3.05, 3.63) is 19.1 Å². The van der Waals surface area contributed by atoms with Crippen LogP contribution >= 0.6 is 0 Å². The van der Waals surface area contributed by atoms with Gasteiger partial charge in [-0.3, -0.25) is 0 Å². The number of rotatable bonds is 5. The van der Waals surface area contributed by atoms with Crippen LogP contribution in [-0.4, -0.2) is 0 Å². The first kappa shape index (κ1) is 8.74. The molecule has 0 aromatic carbocycles. The Kier molecular flexibility index (Phi) is 7.52. The zero-order valence-corrected chi connectivity index (χ0v) is 6.40. The van der Waals surface area contributed by atoms with Crippen molar-refractivity contribution in [1.82, 2.24) is 0 Å². The average Bonchev–Trinajstić information content (AvgIpc) is 1.89. The largest absolute Gasteiger partial charge is 0.0888 e. The van der Waals surface area contributed by atoms with Crippen LogP contribution in [0.3, 0.4) is 0 Å². The van der Waals surface area contributed by atoms with E-state index in [9.17, 15) is 0 Å². The second-order valence-electron chi connectivity index (χ2n) is 2.23. The Balaban J connectivity index is 2.82. The summed E-state index contributed by atoms with van der Waals surface area (Å²) < 4.78 is 0. The molecule has 53 valence electrons. The third-order valence-corrected chi connectivity index (χ3v) is 1.27. The normalized spacial score (nSPS) is 10.9. The molecule has 0 atom stereocenters. The van der Waals surface area contributed by atoms with Gasteiger partial charge in [0.1, 0.15) is 0 Å². The van der Waals surface area contributed by atoms with Crippen molar-refractivity contribution >= 4 is 0 Å². The van der Waals surface area contributed by atoms with E-state index in [-0.39, 0.29) is 0 Å². The predicted molar refractivity (Wildman–Crippen MR) is 43.3 cm³/mol. The van der Waals surface area contributed by atoms with Crippen molar-refractivity contribution in [2.75, 3.05) is 0 Å². The van der Waals surface area contributed by atoms with Crippen LogP contribution < -0.4 is 0 Å². The van der Waals surface area contributed by atoms with Crippen LogP contribution in [0, 0.1) is 6.92 Å². The molecule has 0 aliphatic carbocycles. The first-order valence-electron chi connectivity index (χ1n) is 3.86. The molecule has 0 aromatic heterocycles. The molecule has 0 saturated carbocycles. The summed E-state index contributed by atoms with van der Waals surface area (Å²) in [5.41, 5.74) is 0. The van der Waals surface area contributed by atoms with Crippen LogP contribution in [0.2, 0.25) is 0 Å². The lowest BCUT2D eigenvalue weighted by molar-refractivity contribution is 0.759. The number of hydrogen-bond acceptors (Lipinski definition) is 0. The number of allylic oxidation sites excluding steroid dienone is 2. The SMILES string of the molecule is [CH2]CCCCC=CCC. The van der Waals surface area contributed by atoms with Gasteiger partial charge in [0.05, 0.1) is 0 Å². The van der Waals surface area contributed by atoms with Crippen molar-refractivity contribution < 1.29 is 0 Å². The van der Waals surface area contributed by atoms with E-state index in [1.54, 1.807) is 0 Å². The van der Waals surface area contributed by atoms with Crippen LogP contribution in [0.25, 0.3) is 0 Å². The summed E-state index contributed by atoms with van der Waals surface area (Å²) in [7, 11) is 0. The fraction of sp³-hybridized carbons (Fsp3) is 0.667. The zero-order chi connectivity index (χ0) is 6.95. The average molecular weight is 125 g/mol. The Bertz CT molecular complexity index is 62.4. The van der Waals surface area contributed by atoms with Gasteiger partial charge < -0.3 is 0 Å². The molecule has 0 N–H and O–H groups in total. The summed E-state index contributed by atoms with van der Waals surface area (Å²) in [5, 5.41) is 0. The van der Waals surface area contributed by atoms with Crippen molar-refractivity contribution in [2.45, 2.75) is 39.0 Å². The van der Waals surface area contributed by atoms with E-state index < -0.39 is 0 Å². The highest BCUT2D eigenvalue weighted by molar-refractivity contribution is 4.79. The van der Waals surface area contributed by atoms with Gasteiger partial charge >= 0.3 is 0 Å². The van der Waals surface area contributed by atoms with Crippen LogP contribution in [0.1, 0.15) is 39.0 Å². The van der Waals surface area contributed by atoms with Crippen molar-refractivity contribution in [3.63, 3.8) is 0 Å². The zero-order valence-electron chi connectivity index (χ0n) is 6.40. The Morgan fingerprint density at radius 3 is 2.56 bits per heavy atom. The minimum absolute atomic E-state index is 1.08. The maximum Gasteiger partial charge on any atom is -0.0351 e. The summed E-state index contributed by atoms with van der Waals surface area (Å²) in [6, 6.07) is 0. The summed E-state index contributed by atoms with van der Waals surface area (Å²) in [6.07, 6.45) is 10.6. The topological polar surface area (TPSA) is 0 Å². The highest BCUT2D eigenvalue weighted by atomic mass is 13.9. The van der Waals surface area contributed by atoms with Crippen LogP contribution in [0.15, 0.2) is 12.2 Å². The molecule has 0 unspecified atom stereocenters. The molecule has 0 nitrogen and oxygen atoms in total. The van der Waals surface area contributed by atoms with Gasteiger partial charge in [-0.05, 0) is 19.3 Å². The third kappa shape index (κ3) is 7.74. The summed E-state index contributed by atoms with van der Waals surface area (Å²) >= 11 is 0. The predicted octanol–water partition coefficient (Wildman–Crippen LogP) is 3.35. The molecule has 0 aliphatic heterocycles. The van der Waals surface area contributed by atoms with Crippen LogP contribution in [-0.2, 0) is 0 Å². The summed E-state index contributed by atoms with van der Waals surface area (Å²) in [5.74, 6) is 0.